The molecule has 2 rings (SSSR count). The molecule has 0 heterocycles. The van der Waals surface area contributed by atoms with Crippen LogP contribution in [0.3, 0.4) is 0 Å². The number of amides is 1. The lowest BCUT2D eigenvalue weighted by Gasteiger charge is -2.14. The molecule has 28 heavy (non-hydrogen) atoms. The van der Waals surface area contributed by atoms with E-state index >= 15 is 0 Å². The van der Waals surface area contributed by atoms with Crippen LogP contribution in [0.25, 0.3) is 0 Å². The maximum absolute atomic E-state index is 12.2. The standard InChI is InChI=1S/C19H16F3NO5/c1-11(24)14-4-3-5-15(10-14)23-17(25)12(2)27-18(26)13-6-8-16(9-7-13)28-19(20,21)22/h3-10,12H,1-2H3,(H,23,25)/t12-/m1/s1. The molecule has 2 aromatic carbocycles. The number of rotatable bonds is 6. The minimum Gasteiger partial charge on any atom is -0.449 e. The van der Waals surface area contributed by atoms with Gasteiger partial charge in [-0.3, -0.25) is 9.59 Å². The van der Waals surface area contributed by atoms with E-state index in [1.165, 1.54) is 19.9 Å². The maximum atomic E-state index is 12.2. The second-order valence-corrected chi connectivity index (χ2v) is 5.75. The Morgan fingerprint density at radius 3 is 2.21 bits per heavy atom. The van der Waals surface area contributed by atoms with Gasteiger partial charge in [0.05, 0.1) is 5.56 Å². The topological polar surface area (TPSA) is 81.7 Å². The molecule has 0 radical (unpaired) electrons. The van der Waals surface area contributed by atoms with Gasteiger partial charge in [-0.1, -0.05) is 12.1 Å². The molecule has 0 aliphatic carbocycles. The summed E-state index contributed by atoms with van der Waals surface area (Å²) in [6, 6.07) is 10.3. The van der Waals surface area contributed by atoms with E-state index in [1.54, 1.807) is 18.2 Å². The van der Waals surface area contributed by atoms with Gasteiger partial charge in [-0.15, -0.1) is 13.2 Å². The number of hydrogen-bond donors (Lipinski definition) is 1. The zero-order valence-electron chi connectivity index (χ0n) is 14.9. The fourth-order valence-corrected chi connectivity index (χ4v) is 2.13. The van der Waals surface area contributed by atoms with Gasteiger partial charge in [0.2, 0.25) is 0 Å². The molecule has 148 valence electrons. The molecule has 0 saturated carbocycles. The molecule has 6 nitrogen and oxygen atoms in total. The van der Waals surface area contributed by atoms with Crippen molar-refractivity contribution >= 4 is 23.3 Å². The van der Waals surface area contributed by atoms with Crippen molar-refractivity contribution in [3.05, 3.63) is 59.7 Å². The third-order valence-corrected chi connectivity index (χ3v) is 3.51. The van der Waals surface area contributed by atoms with Gasteiger partial charge in [-0.25, -0.2) is 4.79 Å². The summed E-state index contributed by atoms with van der Waals surface area (Å²) in [5.41, 5.74) is 0.714. The molecule has 0 aromatic heterocycles. The van der Waals surface area contributed by atoms with Crippen molar-refractivity contribution in [1.29, 1.82) is 0 Å². The summed E-state index contributed by atoms with van der Waals surface area (Å²) >= 11 is 0. The lowest BCUT2D eigenvalue weighted by Crippen LogP contribution is -2.30. The van der Waals surface area contributed by atoms with Crippen LogP contribution in [-0.4, -0.2) is 30.1 Å². The molecule has 2 aromatic rings. The van der Waals surface area contributed by atoms with Gasteiger partial charge in [-0.2, -0.15) is 0 Å². The highest BCUT2D eigenvalue weighted by Gasteiger charge is 2.31. The van der Waals surface area contributed by atoms with Crippen LogP contribution in [0.1, 0.15) is 34.6 Å². The van der Waals surface area contributed by atoms with Crippen LogP contribution in [0.15, 0.2) is 48.5 Å². The highest BCUT2D eigenvalue weighted by molar-refractivity contribution is 5.99. The Kier molecular flexibility index (Phi) is 6.40. The number of hydrogen-bond acceptors (Lipinski definition) is 5. The fourth-order valence-electron chi connectivity index (χ4n) is 2.13. The number of carbonyl (C=O) groups excluding carboxylic acids is 3. The first kappa shape index (κ1) is 20.9. The van der Waals surface area contributed by atoms with Crippen LogP contribution in [0, 0.1) is 0 Å². The number of ketones is 1. The molecule has 0 unspecified atom stereocenters. The Morgan fingerprint density at radius 1 is 1.00 bits per heavy atom. The highest BCUT2D eigenvalue weighted by Crippen LogP contribution is 2.23. The monoisotopic (exact) mass is 395 g/mol. The number of esters is 1. The van der Waals surface area contributed by atoms with E-state index in [9.17, 15) is 27.6 Å². The zero-order chi connectivity index (χ0) is 20.9. The van der Waals surface area contributed by atoms with Crippen molar-refractivity contribution in [2.24, 2.45) is 0 Å². The van der Waals surface area contributed by atoms with Crippen LogP contribution >= 0.6 is 0 Å². The molecule has 0 saturated heterocycles. The smallest absolute Gasteiger partial charge is 0.449 e. The van der Waals surface area contributed by atoms with Crippen molar-refractivity contribution in [1.82, 2.24) is 0 Å². The number of Topliss-reactive ketones (excluding diaryl/α,β-unsaturated/α-hetero) is 1. The van der Waals surface area contributed by atoms with Gasteiger partial charge in [0.1, 0.15) is 5.75 Å². The average Bonchev–Trinajstić information content (AvgIpc) is 2.61. The first-order valence-electron chi connectivity index (χ1n) is 8.04. The van der Waals surface area contributed by atoms with E-state index in [0.29, 0.717) is 11.3 Å². The Labute approximate surface area is 158 Å². The molecule has 0 bridgehead atoms. The molecule has 1 N–H and O–H groups in total. The molecule has 1 atom stereocenters. The molecule has 0 aliphatic rings. The summed E-state index contributed by atoms with van der Waals surface area (Å²) in [6.45, 7) is 2.72. The van der Waals surface area contributed by atoms with Crippen LogP contribution < -0.4 is 10.1 Å². The molecule has 1 amide bonds. The lowest BCUT2D eigenvalue weighted by molar-refractivity contribution is -0.274. The normalized spacial score (nSPS) is 12.0. The first-order valence-corrected chi connectivity index (χ1v) is 8.04. The molecular weight excluding hydrogens is 379 g/mol. The second kappa shape index (κ2) is 8.55. The molecule has 9 heteroatoms. The van der Waals surface area contributed by atoms with E-state index in [-0.39, 0.29) is 11.3 Å². The summed E-state index contributed by atoms with van der Waals surface area (Å²) < 4.78 is 45.1. The molecule has 0 aliphatic heterocycles. The van der Waals surface area contributed by atoms with E-state index < -0.39 is 30.1 Å². The number of nitrogens with one attached hydrogen (secondary N) is 1. The minimum absolute atomic E-state index is 0.0484. The van der Waals surface area contributed by atoms with Gasteiger partial charge in [0.15, 0.2) is 11.9 Å². The fraction of sp³-hybridized carbons (Fsp3) is 0.211. The summed E-state index contributed by atoms with van der Waals surface area (Å²) in [7, 11) is 0. The Hall–Kier alpha value is -3.36. The molecule has 0 spiro atoms. The first-order chi connectivity index (χ1) is 13.0. The Bertz CT molecular complexity index is 878. The summed E-state index contributed by atoms with van der Waals surface area (Å²) in [5, 5.41) is 2.52. The predicted octanol–water partition coefficient (Wildman–Crippen LogP) is 3.97. The Balaban J connectivity index is 1.97. The highest BCUT2D eigenvalue weighted by atomic mass is 19.4. The predicted molar refractivity (Wildman–Crippen MR) is 93.1 cm³/mol. The maximum Gasteiger partial charge on any atom is 0.573 e. The summed E-state index contributed by atoms with van der Waals surface area (Å²) in [5.74, 6) is -2.18. The number of benzene rings is 2. The molecular formula is C19H16F3NO5. The minimum atomic E-state index is -4.84. The van der Waals surface area contributed by atoms with Crippen molar-refractivity contribution < 1.29 is 37.0 Å². The van der Waals surface area contributed by atoms with Crippen molar-refractivity contribution in [3.8, 4) is 5.75 Å². The number of carbonyl (C=O) groups is 3. The van der Waals surface area contributed by atoms with Crippen molar-refractivity contribution in [2.45, 2.75) is 26.3 Å². The largest absolute Gasteiger partial charge is 0.573 e. The zero-order valence-corrected chi connectivity index (χ0v) is 14.9. The van der Waals surface area contributed by atoms with E-state index in [4.69, 9.17) is 4.74 Å². The second-order valence-electron chi connectivity index (χ2n) is 5.75. The van der Waals surface area contributed by atoms with Crippen LogP contribution in [-0.2, 0) is 9.53 Å². The number of halogens is 3. The molecule has 0 fully saturated rings. The van der Waals surface area contributed by atoms with Crippen LogP contribution in [0.5, 0.6) is 5.75 Å². The van der Waals surface area contributed by atoms with Gasteiger partial charge < -0.3 is 14.8 Å². The van der Waals surface area contributed by atoms with E-state index in [1.807, 2.05) is 0 Å². The third-order valence-electron chi connectivity index (χ3n) is 3.51. The Morgan fingerprint density at radius 2 is 1.64 bits per heavy atom. The van der Waals surface area contributed by atoms with Gasteiger partial charge in [0.25, 0.3) is 5.91 Å². The van der Waals surface area contributed by atoms with Crippen LogP contribution in [0.4, 0.5) is 18.9 Å². The van der Waals surface area contributed by atoms with Gasteiger partial charge in [-0.05, 0) is 50.2 Å². The van der Waals surface area contributed by atoms with Crippen LogP contribution in [0.2, 0.25) is 0 Å². The van der Waals surface area contributed by atoms with E-state index in [2.05, 4.69) is 10.1 Å². The van der Waals surface area contributed by atoms with Gasteiger partial charge in [0, 0.05) is 11.3 Å². The van der Waals surface area contributed by atoms with Gasteiger partial charge >= 0.3 is 12.3 Å². The lowest BCUT2D eigenvalue weighted by atomic mass is 10.1. The van der Waals surface area contributed by atoms with E-state index in [0.717, 1.165) is 24.3 Å². The average molecular weight is 395 g/mol. The quantitative estimate of drug-likeness (QED) is 0.591. The number of anilines is 1. The SMILES string of the molecule is CC(=O)c1cccc(NC(=O)[C@@H](C)OC(=O)c2ccc(OC(F)(F)F)cc2)c1. The number of ether oxygens (including phenoxy) is 2. The summed E-state index contributed by atoms with van der Waals surface area (Å²) in [4.78, 5) is 35.6. The van der Waals surface area contributed by atoms with Crippen molar-refractivity contribution in [2.75, 3.05) is 5.32 Å². The third kappa shape index (κ3) is 6.11. The summed E-state index contributed by atoms with van der Waals surface area (Å²) in [6.07, 6.45) is -6.02. The van der Waals surface area contributed by atoms with Crippen molar-refractivity contribution in [3.63, 3.8) is 0 Å². The number of alkyl halides is 3.